The number of guanidine groups is 1. The van der Waals surface area contributed by atoms with Gasteiger partial charge in [-0.25, -0.2) is 0 Å². The number of aliphatic imine (C=N–C) groups is 1. The van der Waals surface area contributed by atoms with Crippen molar-refractivity contribution in [2.45, 2.75) is 107 Å². The number of nitrogens with one attached hydrogen (secondary N) is 2. The minimum Gasteiger partial charge on any atom is -0.396 e. The topological polar surface area (TPSA) is 272 Å². The van der Waals surface area contributed by atoms with Crippen LogP contribution in [0.15, 0.2) is 4.99 Å². The Morgan fingerprint density at radius 1 is 1.02 bits per heavy atom. The molecule has 17 atom stereocenters. The van der Waals surface area contributed by atoms with Crippen molar-refractivity contribution >= 4 is 17.5 Å². The summed E-state index contributed by atoms with van der Waals surface area (Å²) in [7, 11) is 3.06. The van der Waals surface area contributed by atoms with Crippen molar-refractivity contribution in [1.29, 1.82) is 0 Å². The fourth-order valence-corrected chi connectivity index (χ4v) is 9.59. The Kier molecular flexibility index (Phi) is 13.6. The predicted molar refractivity (Wildman–Crippen MR) is 179 cm³/mol. The lowest BCUT2D eigenvalue weighted by Gasteiger charge is -2.53. The highest BCUT2D eigenvalue weighted by molar-refractivity contribution is 6.00. The summed E-state index contributed by atoms with van der Waals surface area (Å²) in [5, 5.41) is 69.4. The summed E-state index contributed by atoms with van der Waals surface area (Å²) in [4.78, 5) is 33.1. The quantitative estimate of drug-likeness (QED) is 0.0723. The molecular formula is C34H59N5O11. The Balaban J connectivity index is 1.42. The first-order chi connectivity index (χ1) is 23.9. The first-order valence-electron chi connectivity index (χ1n) is 18.2. The number of aliphatic hydroxyl groups is 6. The second-order valence-electron chi connectivity index (χ2n) is 15.1. The van der Waals surface area contributed by atoms with Gasteiger partial charge in [0.2, 0.25) is 0 Å². The molecule has 12 N–H and O–H groups in total. The number of nitrogens with zero attached hydrogens (tertiary/aromatic N) is 1. The summed E-state index contributed by atoms with van der Waals surface area (Å²) in [5.41, 5.74) is 12.1. The van der Waals surface area contributed by atoms with Crippen LogP contribution in [-0.4, -0.2) is 144 Å². The Bertz CT molecular complexity index is 1170. The van der Waals surface area contributed by atoms with E-state index in [-0.39, 0.29) is 61.5 Å². The molecule has 2 aliphatic heterocycles. The van der Waals surface area contributed by atoms with Crippen LogP contribution in [0.1, 0.15) is 51.4 Å². The van der Waals surface area contributed by atoms with Crippen LogP contribution in [0.2, 0.25) is 0 Å². The van der Waals surface area contributed by atoms with Crippen molar-refractivity contribution in [3.05, 3.63) is 0 Å². The smallest absolute Gasteiger partial charge is 0.188 e. The Labute approximate surface area is 293 Å². The Morgan fingerprint density at radius 3 is 2.40 bits per heavy atom. The summed E-state index contributed by atoms with van der Waals surface area (Å²) >= 11 is 0. The van der Waals surface area contributed by atoms with Gasteiger partial charge in [0, 0.05) is 51.5 Å². The van der Waals surface area contributed by atoms with Crippen LogP contribution in [0, 0.1) is 47.3 Å². The molecule has 5 aliphatic rings. The fraction of sp³-hybridized carbons (Fsp3) is 0.912. The third-order valence-corrected chi connectivity index (χ3v) is 12.4. The van der Waals surface area contributed by atoms with Crippen LogP contribution in [0.3, 0.4) is 0 Å². The SMILES string of the molecule is CN=C(N)NCC1C(CC(CCCO)C2CCC(N)NC2)CC2C(=O)C3CC(OC)CC(OC4OC(CO)C(O)C(O)C4O)C3C(=O)C2C1O. The van der Waals surface area contributed by atoms with Gasteiger partial charge in [0.05, 0.1) is 42.9 Å². The van der Waals surface area contributed by atoms with E-state index in [0.29, 0.717) is 25.2 Å². The second-order valence-corrected chi connectivity index (χ2v) is 15.1. The van der Waals surface area contributed by atoms with Crippen molar-refractivity contribution in [3.63, 3.8) is 0 Å². The van der Waals surface area contributed by atoms with Gasteiger partial charge in [-0.3, -0.25) is 14.6 Å². The number of hydrogen-bond donors (Lipinski definition) is 10. The molecule has 3 aliphatic carbocycles. The van der Waals surface area contributed by atoms with E-state index in [1.807, 2.05) is 0 Å². The van der Waals surface area contributed by atoms with Crippen LogP contribution in [0.5, 0.6) is 0 Å². The summed E-state index contributed by atoms with van der Waals surface area (Å²) in [5.74, 6) is -3.80. The van der Waals surface area contributed by atoms with Crippen LogP contribution < -0.4 is 22.1 Å². The van der Waals surface area contributed by atoms with Crippen molar-refractivity contribution < 1.29 is 54.4 Å². The highest BCUT2D eigenvalue weighted by Crippen LogP contribution is 2.52. The maximum Gasteiger partial charge on any atom is 0.188 e. The van der Waals surface area contributed by atoms with E-state index in [1.54, 1.807) is 7.05 Å². The maximum atomic E-state index is 14.6. The normalized spacial score (nSPS) is 44.7. The molecule has 0 spiro atoms. The summed E-state index contributed by atoms with van der Waals surface area (Å²) in [6.45, 7) is 0.397. The molecule has 5 fully saturated rings. The van der Waals surface area contributed by atoms with Crippen molar-refractivity contribution in [3.8, 4) is 0 Å². The zero-order valence-electron chi connectivity index (χ0n) is 29.1. The zero-order valence-corrected chi connectivity index (χ0v) is 29.1. The zero-order chi connectivity index (χ0) is 36.3. The van der Waals surface area contributed by atoms with Crippen molar-refractivity contribution in [2.24, 2.45) is 63.8 Å². The molecular weight excluding hydrogens is 654 g/mol. The molecule has 16 heteroatoms. The average molecular weight is 714 g/mol. The third-order valence-electron chi connectivity index (χ3n) is 12.4. The fourth-order valence-electron chi connectivity index (χ4n) is 9.59. The number of ketones is 2. The molecule has 17 unspecified atom stereocenters. The van der Waals surface area contributed by atoms with Crippen LogP contribution in [0.25, 0.3) is 0 Å². The lowest BCUT2D eigenvalue weighted by Crippen LogP contribution is -2.64. The lowest BCUT2D eigenvalue weighted by molar-refractivity contribution is -0.319. The third kappa shape index (κ3) is 8.20. The Morgan fingerprint density at radius 2 is 1.76 bits per heavy atom. The molecule has 0 aromatic carbocycles. The average Bonchev–Trinajstić information content (AvgIpc) is 3.11. The van der Waals surface area contributed by atoms with Gasteiger partial charge in [-0.1, -0.05) is 0 Å². The number of rotatable bonds is 12. The number of hydrogen-bond acceptors (Lipinski definition) is 14. The molecule has 2 saturated heterocycles. The minimum absolute atomic E-state index is 0.0611. The largest absolute Gasteiger partial charge is 0.396 e. The predicted octanol–water partition coefficient (Wildman–Crippen LogP) is -2.81. The first kappa shape index (κ1) is 39.4. The molecule has 0 radical (unpaired) electrons. The van der Waals surface area contributed by atoms with Gasteiger partial charge < -0.3 is 67.0 Å². The highest BCUT2D eigenvalue weighted by atomic mass is 16.7. The number of aliphatic hydroxyl groups excluding tert-OH is 6. The first-order valence-corrected chi connectivity index (χ1v) is 18.2. The van der Waals surface area contributed by atoms with Gasteiger partial charge in [-0.2, -0.15) is 0 Å². The number of nitrogens with two attached hydrogens (primary N) is 2. The molecule has 50 heavy (non-hydrogen) atoms. The molecule has 0 aromatic rings. The van der Waals surface area contributed by atoms with Crippen LogP contribution in [0.4, 0.5) is 0 Å². The van der Waals surface area contributed by atoms with Gasteiger partial charge in [0.15, 0.2) is 12.2 Å². The monoisotopic (exact) mass is 713 g/mol. The molecule has 0 amide bonds. The van der Waals surface area contributed by atoms with Crippen LogP contribution >= 0.6 is 0 Å². The second kappa shape index (κ2) is 17.3. The van der Waals surface area contributed by atoms with Gasteiger partial charge in [0.1, 0.15) is 36.0 Å². The van der Waals surface area contributed by atoms with E-state index in [1.165, 1.54) is 7.11 Å². The molecule has 0 bridgehead atoms. The Hall–Kier alpha value is -1.83. The molecule has 0 aromatic heterocycles. The molecule has 286 valence electrons. The number of fused-ring (bicyclic) bond motifs is 2. The van der Waals surface area contributed by atoms with E-state index < -0.39 is 85.2 Å². The molecule has 3 saturated carbocycles. The van der Waals surface area contributed by atoms with Crippen molar-refractivity contribution in [2.75, 3.05) is 40.5 Å². The van der Waals surface area contributed by atoms with Crippen LogP contribution in [-0.2, 0) is 23.8 Å². The molecule has 5 rings (SSSR count). The summed E-state index contributed by atoms with van der Waals surface area (Å²) in [6, 6.07) is 0. The van der Waals surface area contributed by atoms with E-state index in [2.05, 4.69) is 15.6 Å². The minimum atomic E-state index is -1.69. The number of Topliss-reactive ketones (excluding diaryl/α,β-unsaturated/α-hetero) is 2. The standard InChI is InChI=1S/C34H59N5O11/c1-37-34(36)39-13-21-17(8-15(4-3-7-40)16-5-6-24(35)38-12-16)9-19-26(28(21)43)30(45)25-20(27(19)42)10-18(48-2)11-22(25)49-33-32(47)31(46)29(44)23(14-41)50-33/h15-26,28-29,31-33,38,40-41,43-44,46-47H,3-14,35H2,1-2H3,(H3,36,37,39). The summed E-state index contributed by atoms with van der Waals surface area (Å²) in [6.07, 6.45) is -5.61. The van der Waals surface area contributed by atoms with Gasteiger partial charge in [-0.05, 0) is 69.2 Å². The van der Waals surface area contributed by atoms with Gasteiger partial charge >= 0.3 is 0 Å². The highest BCUT2D eigenvalue weighted by Gasteiger charge is 2.61. The molecule has 2 heterocycles. The number of carbonyl (C=O) groups is 2. The number of carbonyl (C=O) groups excluding carboxylic acids is 2. The summed E-state index contributed by atoms with van der Waals surface area (Å²) < 4.78 is 17.5. The van der Waals surface area contributed by atoms with Gasteiger partial charge in [0.25, 0.3) is 0 Å². The number of methoxy groups -OCH3 is 1. The number of piperidine rings is 1. The number of ether oxygens (including phenoxy) is 3. The maximum absolute atomic E-state index is 14.6. The van der Waals surface area contributed by atoms with Gasteiger partial charge in [-0.15, -0.1) is 0 Å². The van der Waals surface area contributed by atoms with E-state index in [4.69, 9.17) is 25.7 Å². The van der Waals surface area contributed by atoms with Crippen molar-refractivity contribution in [1.82, 2.24) is 10.6 Å². The van der Waals surface area contributed by atoms with E-state index in [9.17, 15) is 40.2 Å². The van der Waals surface area contributed by atoms with E-state index in [0.717, 1.165) is 25.8 Å². The molecule has 16 nitrogen and oxygen atoms in total. The van der Waals surface area contributed by atoms with E-state index >= 15 is 0 Å². The lowest BCUT2D eigenvalue weighted by atomic mass is 9.52.